The predicted octanol–water partition coefficient (Wildman–Crippen LogP) is 2.76. The van der Waals surface area contributed by atoms with Crippen LogP contribution < -0.4 is 10.6 Å². The van der Waals surface area contributed by atoms with Crippen molar-refractivity contribution < 1.29 is 23.9 Å². The topological polar surface area (TPSA) is 93.7 Å². The van der Waals surface area contributed by atoms with Crippen LogP contribution in [0.4, 0.5) is 5.69 Å². The zero-order valence-electron chi connectivity index (χ0n) is 17.4. The van der Waals surface area contributed by atoms with Crippen molar-refractivity contribution >= 4 is 23.5 Å². The fraction of sp³-hybridized carbons (Fsp3) is 0.609. The van der Waals surface area contributed by atoms with Gasteiger partial charge < -0.3 is 20.1 Å². The molecule has 0 radical (unpaired) electrons. The smallest absolute Gasteiger partial charge is 0.338 e. The Morgan fingerprint density at radius 1 is 1.00 bits per heavy atom. The Kier molecular flexibility index (Phi) is 6.09. The molecule has 0 aliphatic heterocycles. The average molecular weight is 415 g/mol. The molecule has 2 N–H and O–H groups in total. The molecular weight excluding hydrogens is 384 g/mol. The van der Waals surface area contributed by atoms with Crippen LogP contribution in [0.25, 0.3) is 0 Å². The quantitative estimate of drug-likeness (QED) is 0.504. The molecular formula is C23H30N2O5. The summed E-state index contributed by atoms with van der Waals surface area (Å²) in [6, 6.07) is 6.65. The molecule has 162 valence electrons. The van der Waals surface area contributed by atoms with E-state index in [1.807, 2.05) is 0 Å². The van der Waals surface area contributed by atoms with Crippen LogP contribution in [0.1, 0.15) is 48.9 Å². The molecule has 30 heavy (non-hydrogen) atoms. The highest BCUT2D eigenvalue weighted by atomic mass is 16.5. The Morgan fingerprint density at radius 3 is 2.17 bits per heavy atom. The van der Waals surface area contributed by atoms with Crippen LogP contribution in [-0.2, 0) is 19.1 Å². The zero-order valence-corrected chi connectivity index (χ0v) is 17.4. The van der Waals surface area contributed by atoms with Crippen molar-refractivity contribution in [1.29, 1.82) is 0 Å². The minimum Gasteiger partial charge on any atom is -0.452 e. The van der Waals surface area contributed by atoms with Gasteiger partial charge in [0.05, 0.1) is 17.6 Å². The number of esters is 1. The number of carbonyl (C=O) groups excluding carboxylic acids is 3. The van der Waals surface area contributed by atoms with Crippen LogP contribution in [0.2, 0.25) is 0 Å². The molecule has 4 bridgehead atoms. The van der Waals surface area contributed by atoms with E-state index in [9.17, 15) is 14.4 Å². The Balaban J connectivity index is 1.29. The second kappa shape index (κ2) is 8.76. The van der Waals surface area contributed by atoms with E-state index < -0.39 is 5.97 Å². The van der Waals surface area contributed by atoms with Gasteiger partial charge in [-0.3, -0.25) is 9.59 Å². The van der Waals surface area contributed by atoms with Crippen LogP contribution in [0.5, 0.6) is 0 Å². The van der Waals surface area contributed by atoms with Gasteiger partial charge in [0, 0.05) is 19.3 Å². The van der Waals surface area contributed by atoms with Crippen molar-refractivity contribution in [2.45, 2.75) is 38.5 Å². The van der Waals surface area contributed by atoms with Crippen molar-refractivity contribution in [3.63, 3.8) is 0 Å². The summed E-state index contributed by atoms with van der Waals surface area (Å²) in [5.74, 6) is 1.32. The minimum atomic E-state index is -0.573. The predicted molar refractivity (Wildman–Crippen MR) is 111 cm³/mol. The van der Waals surface area contributed by atoms with E-state index in [4.69, 9.17) is 9.47 Å². The van der Waals surface area contributed by atoms with Gasteiger partial charge in [0.25, 0.3) is 5.91 Å². The summed E-state index contributed by atoms with van der Waals surface area (Å²) in [5.41, 5.74) is 0.819. The maximum Gasteiger partial charge on any atom is 0.338 e. The maximum atomic E-state index is 13.1. The first kappa shape index (κ1) is 20.8. The van der Waals surface area contributed by atoms with E-state index in [2.05, 4.69) is 10.6 Å². The van der Waals surface area contributed by atoms with Gasteiger partial charge in [-0.25, -0.2) is 4.79 Å². The van der Waals surface area contributed by atoms with Crippen LogP contribution >= 0.6 is 0 Å². The van der Waals surface area contributed by atoms with Crippen molar-refractivity contribution in [2.75, 3.05) is 32.2 Å². The third-order valence-corrected chi connectivity index (χ3v) is 6.86. The second-order valence-electron chi connectivity index (χ2n) is 9.15. The van der Waals surface area contributed by atoms with E-state index in [-0.39, 0.29) is 23.8 Å². The molecule has 4 saturated carbocycles. The number of carbonyl (C=O) groups is 3. The lowest BCUT2D eigenvalue weighted by Crippen LogP contribution is -2.51. The Bertz CT molecular complexity index is 769. The molecule has 2 amide bonds. The highest BCUT2D eigenvalue weighted by Crippen LogP contribution is 2.60. The molecule has 0 spiro atoms. The minimum absolute atomic E-state index is 0.129. The lowest BCUT2D eigenvalue weighted by molar-refractivity contribution is -0.140. The summed E-state index contributed by atoms with van der Waals surface area (Å²) in [6.07, 6.45) is 6.94. The summed E-state index contributed by atoms with van der Waals surface area (Å²) in [5, 5.41) is 5.66. The number of benzene rings is 1. The van der Waals surface area contributed by atoms with E-state index in [0.717, 1.165) is 19.3 Å². The molecule has 1 aromatic carbocycles. The fourth-order valence-electron chi connectivity index (χ4n) is 5.90. The number of hydrogen-bond acceptors (Lipinski definition) is 5. The van der Waals surface area contributed by atoms with Crippen LogP contribution in [0.15, 0.2) is 24.3 Å². The number of ether oxygens (including phenoxy) is 2. The zero-order chi connectivity index (χ0) is 21.1. The Labute approximate surface area is 176 Å². The first-order valence-electron chi connectivity index (χ1n) is 10.8. The number of rotatable bonds is 8. The van der Waals surface area contributed by atoms with Gasteiger partial charge in [0.15, 0.2) is 6.61 Å². The Hall–Kier alpha value is -2.41. The normalized spacial score (nSPS) is 28.8. The first-order chi connectivity index (χ1) is 14.5. The van der Waals surface area contributed by atoms with Gasteiger partial charge in [0.2, 0.25) is 5.91 Å². The van der Waals surface area contributed by atoms with Crippen LogP contribution in [-0.4, -0.2) is 44.7 Å². The van der Waals surface area contributed by atoms with Crippen LogP contribution in [0.3, 0.4) is 0 Å². The van der Waals surface area contributed by atoms with Gasteiger partial charge in [-0.1, -0.05) is 0 Å². The molecule has 4 aliphatic carbocycles. The molecule has 0 atom stereocenters. The number of methoxy groups -OCH3 is 1. The number of anilines is 1. The molecule has 4 aliphatic rings. The summed E-state index contributed by atoms with van der Waals surface area (Å²) in [4.78, 5) is 36.8. The summed E-state index contributed by atoms with van der Waals surface area (Å²) >= 11 is 0. The summed E-state index contributed by atoms with van der Waals surface area (Å²) in [7, 11) is 1.54. The van der Waals surface area contributed by atoms with Crippen molar-refractivity contribution in [1.82, 2.24) is 5.32 Å². The summed E-state index contributed by atoms with van der Waals surface area (Å²) < 4.78 is 9.87. The number of amides is 2. The van der Waals surface area contributed by atoms with Gasteiger partial charge in [-0.2, -0.15) is 0 Å². The van der Waals surface area contributed by atoms with Crippen molar-refractivity contribution in [3.8, 4) is 0 Å². The molecule has 1 aromatic rings. The third kappa shape index (κ3) is 4.51. The summed E-state index contributed by atoms with van der Waals surface area (Å²) in [6.45, 7) is 0.425. The molecule has 0 unspecified atom stereocenters. The third-order valence-electron chi connectivity index (χ3n) is 6.86. The molecule has 5 rings (SSSR count). The SMILES string of the molecule is COCCNC(=O)COC(=O)c1ccc(NC(=O)C23CC4CC(CC(C4)C2)C3)cc1. The number of nitrogens with one attached hydrogen (secondary N) is 2. The average Bonchev–Trinajstić information content (AvgIpc) is 2.72. The highest BCUT2D eigenvalue weighted by Gasteiger charge is 2.54. The fourth-order valence-corrected chi connectivity index (χ4v) is 5.90. The van der Waals surface area contributed by atoms with Gasteiger partial charge in [-0.15, -0.1) is 0 Å². The van der Waals surface area contributed by atoms with E-state index in [0.29, 0.717) is 42.2 Å². The van der Waals surface area contributed by atoms with E-state index >= 15 is 0 Å². The van der Waals surface area contributed by atoms with Gasteiger partial charge in [0.1, 0.15) is 0 Å². The monoisotopic (exact) mass is 414 g/mol. The first-order valence-corrected chi connectivity index (χ1v) is 10.8. The largest absolute Gasteiger partial charge is 0.452 e. The lowest BCUT2D eigenvalue weighted by Gasteiger charge is -2.55. The van der Waals surface area contributed by atoms with E-state index in [1.54, 1.807) is 31.4 Å². The van der Waals surface area contributed by atoms with Crippen molar-refractivity contribution in [3.05, 3.63) is 29.8 Å². The molecule has 7 heteroatoms. The molecule has 0 aromatic heterocycles. The highest BCUT2D eigenvalue weighted by molar-refractivity contribution is 5.96. The molecule has 0 saturated heterocycles. The standard InChI is InChI=1S/C23H30N2O5/c1-29-7-6-24-20(26)14-30-21(27)18-2-4-19(5-3-18)25-22(28)23-11-15-8-16(12-23)10-17(9-15)13-23/h2-5,15-17H,6-14H2,1H3,(H,24,26)(H,25,28). The Morgan fingerprint density at radius 2 is 1.60 bits per heavy atom. The van der Waals surface area contributed by atoms with Gasteiger partial charge >= 0.3 is 5.97 Å². The molecule has 7 nitrogen and oxygen atoms in total. The molecule has 4 fully saturated rings. The maximum absolute atomic E-state index is 13.1. The van der Waals surface area contributed by atoms with Crippen molar-refractivity contribution in [2.24, 2.45) is 23.2 Å². The lowest BCUT2D eigenvalue weighted by atomic mass is 9.49. The van der Waals surface area contributed by atoms with Gasteiger partial charge in [-0.05, 0) is 80.5 Å². The second-order valence-corrected chi connectivity index (χ2v) is 9.15. The molecule has 0 heterocycles. The van der Waals surface area contributed by atoms with E-state index in [1.165, 1.54) is 19.3 Å². The van der Waals surface area contributed by atoms with Crippen LogP contribution in [0, 0.1) is 23.2 Å². The number of hydrogen-bond donors (Lipinski definition) is 2.